The van der Waals surface area contributed by atoms with Gasteiger partial charge in [0.15, 0.2) is 11.5 Å². The predicted octanol–water partition coefficient (Wildman–Crippen LogP) is 5.53. The van der Waals surface area contributed by atoms with Crippen molar-refractivity contribution in [2.24, 2.45) is 0 Å². The minimum Gasteiger partial charge on any atom is -0.493 e. The molecule has 2 amide bonds. The van der Waals surface area contributed by atoms with E-state index >= 15 is 0 Å². The number of hydrogen-bond donors (Lipinski definition) is 1. The molecule has 1 aliphatic heterocycles. The maximum absolute atomic E-state index is 13.4. The van der Waals surface area contributed by atoms with Crippen molar-refractivity contribution >= 4 is 35.0 Å². The Kier molecular flexibility index (Phi) is 7.12. The van der Waals surface area contributed by atoms with Gasteiger partial charge in [0.05, 0.1) is 19.9 Å². The minimum absolute atomic E-state index is 0.0535. The summed E-state index contributed by atoms with van der Waals surface area (Å²) in [6.45, 7) is 3.92. The fraction of sp³-hybridized carbons (Fsp3) is 0.259. The van der Waals surface area contributed by atoms with Crippen LogP contribution in [-0.4, -0.2) is 32.6 Å². The van der Waals surface area contributed by atoms with E-state index in [9.17, 15) is 9.59 Å². The topological polar surface area (TPSA) is 67.9 Å². The normalized spacial score (nSPS) is 15.4. The van der Waals surface area contributed by atoms with E-state index < -0.39 is 0 Å². The first-order valence-electron chi connectivity index (χ1n) is 11.0. The van der Waals surface area contributed by atoms with Gasteiger partial charge in [0.2, 0.25) is 11.8 Å². The van der Waals surface area contributed by atoms with Crippen molar-refractivity contribution in [2.45, 2.75) is 30.4 Å². The molecule has 1 atom stereocenters. The predicted molar refractivity (Wildman–Crippen MR) is 136 cm³/mol. The van der Waals surface area contributed by atoms with Crippen LogP contribution in [0.25, 0.3) is 0 Å². The molecule has 1 N–H and O–H groups in total. The third-order valence-corrected chi connectivity index (χ3v) is 7.00. The second-order valence-electron chi connectivity index (χ2n) is 8.30. The number of carbonyl (C=O) groups is 2. The molecule has 6 nitrogen and oxygen atoms in total. The first-order chi connectivity index (χ1) is 16.4. The number of thioether (sulfide) groups is 1. The largest absolute Gasteiger partial charge is 0.493 e. The Morgan fingerprint density at radius 2 is 1.71 bits per heavy atom. The van der Waals surface area contributed by atoms with E-state index in [0.717, 1.165) is 33.0 Å². The highest BCUT2D eigenvalue weighted by Crippen LogP contribution is 2.46. The number of hydrogen-bond acceptors (Lipinski definition) is 5. The number of nitrogens with one attached hydrogen (secondary N) is 1. The van der Waals surface area contributed by atoms with E-state index in [-0.39, 0.29) is 30.0 Å². The lowest BCUT2D eigenvalue weighted by Crippen LogP contribution is -2.38. The fourth-order valence-electron chi connectivity index (χ4n) is 4.18. The first-order valence-corrected chi connectivity index (χ1v) is 11.9. The second kappa shape index (κ2) is 10.2. The van der Waals surface area contributed by atoms with Gasteiger partial charge in [-0.2, -0.15) is 0 Å². The number of aryl methyl sites for hydroxylation is 2. The lowest BCUT2D eigenvalue weighted by atomic mass is 10.1. The molecule has 176 valence electrons. The van der Waals surface area contributed by atoms with Gasteiger partial charge in [-0.05, 0) is 66.9 Å². The van der Waals surface area contributed by atoms with Gasteiger partial charge >= 0.3 is 0 Å². The summed E-state index contributed by atoms with van der Waals surface area (Å²) in [4.78, 5) is 28.9. The van der Waals surface area contributed by atoms with Gasteiger partial charge in [-0.1, -0.05) is 24.3 Å². The summed E-state index contributed by atoms with van der Waals surface area (Å²) in [7, 11) is 3.19. The van der Waals surface area contributed by atoms with Gasteiger partial charge in [0.1, 0.15) is 6.54 Å². The number of fused-ring (bicyclic) bond motifs is 1. The molecule has 0 aliphatic carbocycles. The summed E-state index contributed by atoms with van der Waals surface area (Å²) in [5, 5.41) is 2.82. The van der Waals surface area contributed by atoms with Crippen molar-refractivity contribution < 1.29 is 19.1 Å². The van der Waals surface area contributed by atoms with E-state index in [1.54, 1.807) is 30.9 Å². The number of rotatable bonds is 6. The van der Waals surface area contributed by atoms with Crippen LogP contribution in [0.4, 0.5) is 11.4 Å². The zero-order chi connectivity index (χ0) is 24.2. The Balaban J connectivity index is 1.60. The lowest BCUT2D eigenvalue weighted by Gasteiger charge is -2.22. The number of benzene rings is 3. The monoisotopic (exact) mass is 476 g/mol. The second-order valence-corrected chi connectivity index (χ2v) is 9.54. The average molecular weight is 477 g/mol. The van der Waals surface area contributed by atoms with Crippen LogP contribution in [0.15, 0.2) is 65.6 Å². The van der Waals surface area contributed by atoms with Gasteiger partial charge < -0.3 is 19.7 Å². The molecule has 0 bridgehead atoms. The lowest BCUT2D eigenvalue weighted by molar-refractivity contribution is -0.121. The summed E-state index contributed by atoms with van der Waals surface area (Å²) in [6.07, 6.45) is 0.256. The minimum atomic E-state index is -0.234. The van der Waals surface area contributed by atoms with Crippen LogP contribution in [0.1, 0.15) is 28.4 Å². The van der Waals surface area contributed by atoms with E-state index in [0.29, 0.717) is 11.5 Å². The van der Waals surface area contributed by atoms with Crippen LogP contribution < -0.4 is 19.7 Å². The SMILES string of the molecule is COc1ccc(C2CC(=O)N(CC(=O)Nc3cc(C)cc(C)c3)c3ccccc3S2)cc1OC. The number of para-hydroxylation sites is 1. The molecule has 7 heteroatoms. The fourth-order valence-corrected chi connectivity index (χ4v) is 5.45. The maximum atomic E-state index is 13.4. The zero-order valence-corrected chi connectivity index (χ0v) is 20.6. The molecule has 1 heterocycles. The molecule has 3 aromatic rings. The Morgan fingerprint density at radius 3 is 2.41 bits per heavy atom. The maximum Gasteiger partial charge on any atom is 0.244 e. The molecule has 34 heavy (non-hydrogen) atoms. The van der Waals surface area contributed by atoms with Crippen molar-refractivity contribution in [3.05, 3.63) is 77.4 Å². The summed E-state index contributed by atoms with van der Waals surface area (Å²) >= 11 is 1.62. The van der Waals surface area contributed by atoms with E-state index in [1.807, 2.05) is 68.4 Å². The van der Waals surface area contributed by atoms with Crippen molar-refractivity contribution in [1.29, 1.82) is 0 Å². The molecule has 0 fully saturated rings. The first kappa shape index (κ1) is 23.7. The molecule has 0 radical (unpaired) electrons. The van der Waals surface area contributed by atoms with Crippen LogP contribution in [0, 0.1) is 13.8 Å². The van der Waals surface area contributed by atoms with Gasteiger partial charge in [0, 0.05) is 22.3 Å². The Hall–Kier alpha value is -3.45. The molecule has 0 saturated heterocycles. The van der Waals surface area contributed by atoms with Crippen molar-refractivity contribution in [3.63, 3.8) is 0 Å². The quantitative estimate of drug-likeness (QED) is 0.507. The zero-order valence-electron chi connectivity index (χ0n) is 19.8. The molecule has 4 rings (SSSR count). The highest BCUT2D eigenvalue weighted by molar-refractivity contribution is 7.99. The van der Waals surface area contributed by atoms with Gasteiger partial charge in [-0.3, -0.25) is 9.59 Å². The van der Waals surface area contributed by atoms with Crippen molar-refractivity contribution in [2.75, 3.05) is 31.0 Å². The molecular weight excluding hydrogens is 448 g/mol. The number of ether oxygens (including phenoxy) is 2. The van der Waals surface area contributed by atoms with Crippen molar-refractivity contribution in [3.8, 4) is 11.5 Å². The number of amides is 2. The Labute approximate surface area is 204 Å². The number of nitrogens with zero attached hydrogens (tertiary/aromatic N) is 1. The number of methoxy groups -OCH3 is 2. The Bertz CT molecular complexity index is 1210. The summed E-state index contributed by atoms with van der Waals surface area (Å²) in [5.41, 5.74) is 4.58. The van der Waals surface area contributed by atoms with E-state index in [1.165, 1.54) is 0 Å². The van der Waals surface area contributed by atoms with Gasteiger partial charge in [-0.25, -0.2) is 0 Å². The van der Waals surface area contributed by atoms with Crippen LogP contribution in [0.2, 0.25) is 0 Å². The van der Waals surface area contributed by atoms with Crippen molar-refractivity contribution in [1.82, 2.24) is 0 Å². The third kappa shape index (κ3) is 5.20. The molecule has 0 spiro atoms. The average Bonchev–Trinajstić information content (AvgIpc) is 2.94. The molecule has 3 aromatic carbocycles. The highest BCUT2D eigenvalue weighted by Gasteiger charge is 2.31. The standard InChI is InChI=1S/C27H28N2O4S/c1-17-11-18(2)13-20(12-17)28-26(30)16-29-21-7-5-6-8-24(21)34-25(15-27(29)31)19-9-10-22(32-3)23(14-19)33-4/h5-14,25H,15-16H2,1-4H3,(H,28,30). The van der Waals surface area contributed by atoms with Crippen LogP contribution in [-0.2, 0) is 9.59 Å². The summed E-state index contributed by atoms with van der Waals surface area (Å²) < 4.78 is 10.8. The number of carbonyl (C=O) groups excluding carboxylic acids is 2. The highest BCUT2D eigenvalue weighted by atomic mass is 32.2. The van der Waals surface area contributed by atoms with Gasteiger partial charge in [-0.15, -0.1) is 11.8 Å². The molecular formula is C27H28N2O4S. The Morgan fingerprint density at radius 1 is 1.00 bits per heavy atom. The van der Waals surface area contributed by atoms with Crippen LogP contribution in [0.5, 0.6) is 11.5 Å². The van der Waals surface area contributed by atoms with Gasteiger partial charge in [0.25, 0.3) is 0 Å². The molecule has 1 aliphatic rings. The summed E-state index contributed by atoms with van der Waals surface area (Å²) in [5.74, 6) is 0.923. The molecule has 0 aromatic heterocycles. The van der Waals surface area contributed by atoms with Crippen LogP contribution in [0.3, 0.4) is 0 Å². The number of anilines is 2. The third-order valence-electron chi connectivity index (χ3n) is 5.67. The molecule has 0 saturated carbocycles. The van der Waals surface area contributed by atoms with E-state index in [2.05, 4.69) is 11.4 Å². The molecule has 1 unspecified atom stereocenters. The smallest absolute Gasteiger partial charge is 0.244 e. The van der Waals surface area contributed by atoms with E-state index in [4.69, 9.17) is 9.47 Å². The summed E-state index contributed by atoms with van der Waals surface area (Å²) in [6, 6.07) is 19.3. The van der Waals surface area contributed by atoms with Crippen LogP contribution >= 0.6 is 11.8 Å².